The molecule has 6 heteroatoms. The standard InChI is InChI=1S/C31H39N5O/c1-23-7-6-8-24(2)29(23)30(37)33-16-13-31(5,14-17-33)35-19-20-36(25(3)21-35)26(4)27-9-11-28(12-10-27)34-18-15-32-22-34/h6-12,15,18,22,25H,4,13-14,16-17,19-21H2,1-3,5H3/t25-/m0/s1. The molecule has 2 aliphatic rings. The van der Waals surface area contributed by atoms with Crippen LogP contribution in [0, 0.1) is 13.8 Å². The average Bonchev–Trinajstić information content (AvgIpc) is 3.44. The molecule has 0 bridgehead atoms. The molecule has 6 nitrogen and oxygen atoms in total. The Kier molecular flexibility index (Phi) is 6.95. The highest BCUT2D eigenvalue weighted by molar-refractivity contribution is 5.97. The van der Waals surface area contributed by atoms with Crippen molar-refractivity contribution in [1.82, 2.24) is 24.3 Å². The first kappa shape index (κ1) is 25.3. The Hall–Kier alpha value is -3.38. The highest BCUT2D eigenvalue weighted by Crippen LogP contribution is 2.33. The molecule has 194 valence electrons. The van der Waals surface area contributed by atoms with Gasteiger partial charge in [-0.25, -0.2) is 4.98 Å². The number of benzene rings is 2. The van der Waals surface area contributed by atoms with Crippen LogP contribution in [0.5, 0.6) is 0 Å². The number of piperazine rings is 1. The molecule has 1 amide bonds. The van der Waals surface area contributed by atoms with E-state index in [0.29, 0.717) is 6.04 Å². The minimum atomic E-state index is 0.117. The number of carbonyl (C=O) groups is 1. The summed E-state index contributed by atoms with van der Waals surface area (Å²) in [5, 5.41) is 0. The molecule has 1 aromatic heterocycles. The maximum atomic E-state index is 13.3. The van der Waals surface area contributed by atoms with Gasteiger partial charge in [-0.2, -0.15) is 0 Å². The average molecular weight is 498 g/mol. The maximum Gasteiger partial charge on any atom is 0.254 e. The number of hydrogen-bond acceptors (Lipinski definition) is 4. The van der Waals surface area contributed by atoms with Crippen molar-refractivity contribution in [3.05, 3.63) is 90.0 Å². The third-order valence-corrected chi connectivity index (χ3v) is 8.56. The lowest BCUT2D eigenvalue weighted by Gasteiger charge is -2.52. The van der Waals surface area contributed by atoms with Crippen LogP contribution in [0.15, 0.2) is 67.8 Å². The highest BCUT2D eigenvalue weighted by Gasteiger charge is 2.40. The Balaban J connectivity index is 1.19. The largest absolute Gasteiger partial charge is 0.366 e. The molecule has 1 atom stereocenters. The second-order valence-corrected chi connectivity index (χ2v) is 11.0. The molecule has 3 aromatic rings. The molecule has 3 heterocycles. The monoisotopic (exact) mass is 497 g/mol. The maximum absolute atomic E-state index is 13.3. The van der Waals surface area contributed by atoms with Gasteiger partial charge in [0.2, 0.25) is 0 Å². The van der Waals surface area contributed by atoms with Crippen LogP contribution in [-0.4, -0.2) is 74.5 Å². The summed E-state index contributed by atoms with van der Waals surface area (Å²) in [6.45, 7) is 17.8. The molecule has 2 aromatic carbocycles. The molecular formula is C31H39N5O. The molecule has 0 N–H and O–H groups in total. The molecule has 2 aliphatic heterocycles. The van der Waals surface area contributed by atoms with E-state index in [4.69, 9.17) is 0 Å². The SMILES string of the molecule is C=C(c1ccc(-n2ccnc2)cc1)N1CCN(C2(C)CCN(C(=O)c3c(C)cccc3C)CC2)C[C@@H]1C. The Morgan fingerprint density at radius 1 is 1.00 bits per heavy atom. The fourth-order valence-electron chi connectivity index (χ4n) is 6.07. The van der Waals surface area contributed by atoms with Crippen LogP contribution in [0.1, 0.15) is 53.7 Å². The smallest absolute Gasteiger partial charge is 0.254 e. The van der Waals surface area contributed by atoms with Gasteiger partial charge in [0.25, 0.3) is 5.91 Å². The summed E-state index contributed by atoms with van der Waals surface area (Å²) < 4.78 is 2.01. The minimum absolute atomic E-state index is 0.117. The first-order valence-corrected chi connectivity index (χ1v) is 13.4. The molecule has 2 saturated heterocycles. The molecule has 5 rings (SSSR count). The summed E-state index contributed by atoms with van der Waals surface area (Å²) >= 11 is 0. The van der Waals surface area contributed by atoms with Gasteiger partial charge in [0.05, 0.1) is 6.33 Å². The molecule has 2 fully saturated rings. The van der Waals surface area contributed by atoms with E-state index in [1.54, 1.807) is 6.20 Å². The van der Waals surface area contributed by atoms with Crippen LogP contribution in [-0.2, 0) is 0 Å². The van der Waals surface area contributed by atoms with Crippen LogP contribution in [0.25, 0.3) is 11.4 Å². The minimum Gasteiger partial charge on any atom is -0.366 e. The third kappa shape index (κ3) is 4.95. The number of rotatable bonds is 5. The molecule has 0 aliphatic carbocycles. The van der Waals surface area contributed by atoms with Gasteiger partial charge < -0.3 is 14.4 Å². The van der Waals surface area contributed by atoms with Crippen molar-refractivity contribution in [3.8, 4) is 5.69 Å². The fourth-order valence-corrected chi connectivity index (χ4v) is 6.07. The van der Waals surface area contributed by atoms with E-state index >= 15 is 0 Å². The lowest BCUT2D eigenvalue weighted by atomic mass is 9.86. The van der Waals surface area contributed by atoms with E-state index in [2.05, 4.69) is 64.4 Å². The normalized spacial score (nSPS) is 20.2. The predicted molar refractivity (Wildman–Crippen MR) is 150 cm³/mol. The van der Waals surface area contributed by atoms with Crippen LogP contribution in [0.3, 0.4) is 0 Å². The predicted octanol–water partition coefficient (Wildman–Crippen LogP) is 5.16. The summed E-state index contributed by atoms with van der Waals surface area (Å²) in [6, 6.07) is 15.0. The van der Waals surface area contributed by atoms with Crippen molar-refractivity contribution < 1.29 is 4.79 Å². The summed E-state index contributed by atoms with van der Waals surface area (Å²) in [5.74, 6) is 0.186. The molecule has 0 spiro atoms. The van der Waals surface area contributed by atoms with E-state index in [0.717, 1.165) is 79.2 Å². The summed E-state index contributed by atoms with van der Waals surface area (Å²) in [5.41, 5.74) is 6.48. The van der Waals surface area contributed by atoms with Gasteiger partial charge >= 0.3 is 0 Å². The van der Waals surface area contributed by atoms with E-state index < -0.39 is 0 Å². The number of nitrogens with zero attached hydrogens (tertiary/aromatic N) is 5. The number of imidazole rings is 1. The van der Waals surface area contributed by atoms with Crippen molar-refractivity contribution in [1.29, 1.82) is 0 Å². The molecule has 0 saturated carbocycles. The van der Waals surface area contributed by atoms with E-state index in [9.17, 15) is 4.79 Å². The fraction of sp³-hybridized carbons (Fsp3) is 0.419. The lowest BCUT2D eigenvalue weighted by Crippen LogP contribution is -2.61. The zero-order valence-corrected chi connectivity index (χ0v) is 22.7. The van der Waals surface area contributed by atoms with Crippen molar-refractivity contribution >= 4 is 11.6 Å². The number of amides is 1. The van der Waals surface area contributed by atoms with Gasteiger partial charge in [-0.3, -0.25) is 9.69 Å². The zero-order valence-electron chi connectivity index (χ0n) is 22.7. The van der Waals surface area contributed by atoms with Crippen molar-refractivity contribution in [2.45, 2.75) is 52.1 Å². The summed E-state index contributed by atoms with van der Waals surface area (Å²) in [4.78, 5) is 24.6. The van der Waals surface area contributed by atoms with Crippen LogP contribution in [0.4, 0.5) is 0 Å². The topological polar surface area (TPSA) is 44.6 Å². The van der Waals surface area contributed by atoms with Crippen molar-refractivity contribution in [2.24, 2.45) is 0 Å². The Morgan fingerprint density at radius 2 is 1.68 bits per heavy atom. The van der Waals surface area contributed by atoms with Crippen LogP contribution < -0.4 is 0 Å². The van der Waals surface area contributed by atoms with Gasteiger partial charge in [-0.1, -0.05) is 36.9 Å². The van der Waals surface area contributed by atoms with E-state index in [1.165, 1.54) is 0 Å². The van der Waals surface area contributed by atoms with Crippen LogP contribution in [0.2, 0.25) is 0 Å². The van der Waals surface area contributed by atoms with E-state index in [1.807, 2.05) is 49.1 Å². The quantitative estimate of drug-likeness (QED) is 0.488. The number of piperidine rings is 1. The van der Waals surface area contributed by atoms with Gasteiger partial charge in [-0.15, -0.1) is 0 Å². The lowest BCUT2D eigenvalue weighted by molar-refractivity contribution is -0.00302. The number of likely N-dealkylation sites (tertiary alicyclic amines) is 1. The van der Waals surface area contributed by atoms with Gasteiger partial charge in [0.1, 0.15) is 0 Å². The third-order valence-electron chi connectivity index (χ3n) is 8.56. The molecule has 37 heavy (non-hydrogen) atoms. The molecule has 0 unspecified atom stereocenters. The highest BCUT2D eigenvalue weighted by atomic mass is 16.2. The second-order valence-electron chi connectivity index (χ2n) is 11.0. The first-order chi connectivity index (χ1) is 17.8. The summed E-state index contributed by atoms with van der Waals surface area (Å²) in [7, 11) is 0. The number of aryl methyl sites for hydroxylation is 2. The van der Waals surface area contributed by atoms with Crippen molar-refractivity contribution in [2.75, 3.05) is 32.7 Å². The van der Waals surface area contributed by atoms with E-state index in [-0.39, 0.29) is 11.4 Å². The number of aromatic nitrogens is 2. The molecular weight excluding hydrogens is 458 g/mol. The van der Waals surface area contributed by atoms with Gasteiger partial charge in [0, 0.05) is 73.6 Å². The summed E-state index contributed by atoms with van der Waals surface area (Å²) in [6.07, 6.45) is 7.58. The number of hydrogen-bond donors (Lipinski definition) is 0. The van der Waals surface area contributed by atoms with Gasteiger partial charge in [-0.05, 0) is 69.4 Å². The second kappa shape index (κ2) is 10.2. The van der Waals surface area contributed by atoms with Crippen LogP contribution >= 0.6 is 0 Å². The Bertz CT molecular complexity index is 1240. The first-order valence-electron chi connectivity index (χ1n) is 13.4. The van der Waals surface area contributed by atoms with Crippen molar-refractivity contribution in [3.63, 3.8) is 0 Å². The zero-order chi connectivity index (χ0) is 26.2. The Morgan fingerprint density at radius 3 is 2.27 bits per heavy atom. The number of carbonyl (C=O) groups excluding carboxylic acids is 1. The molecule has 0 radical (unpaired) electrons. The van der Waals surface area contributed by atoms with Gasteiger partial charge in [0.15, 0.2) is 0 Å². The Labute approximate surface area is 221 Å².